The molecule has 7 heteroatoms. The average molecular weight is 499 g/mol. The van der Waals surface area contributed by atoms with E-state index in [0.29, 0.717) is 9.99 Å². The van der Waals surface area contributed by atoms with Gasteiger partial charge in [0.2, 0.25) is 0 Å². The summed E-state index contributed by atoms with van der Waals surface area (Å²) in [4.78, 5) is 4.38. The molecule has 1 heterocycles. The highest BCUT2D eigenvalue weighted by Gasteiger charge is 2.22. The molecule has 0 spiro atoms. The Balaban J connectivity index is 2.05. The zero-order valence-electron chi connectivity index (χ0n) is 14.5. The van der Waals surface area contributed by atoms with Crippen LogP contribution in [0.2, 0.25) is 0 Å². The highest BCUT2D eigenvalue weighted by Crippen LogP contribution is 2.38. The molecule has 0 bridgehead atoms. The molecule has 0 aliphatic rings. The SMILES string of the molecule is CC(C)(C)c1ccc(S(=O)(=O)Oc2c(Br)cc(Br)c3cccnc23)cc1. The molecule has 0 N–H and O–H groups in total. The quantitative estimate of drug-likeness (QED) is 0.426. The lowest BCUT2D eigenvalue weighted by molar-refractivity contribution is 0.486. The Morgan fingerprint density at radius 1 is 1.00 bits per heavy atom. The van der Waals surface area contributed by atoms with Gasteiger partial charge in [0.05, 0.1) is 4.47 Å². The van der Waals surface area contributed by atoms with Crippen molar-refractivity contribution in [2.45, 2.75) is 31.1 Å². The molecule has 0 radical (unpaired) electrons. The smallest absolute Gasteiger partial charge is 0.339 e. The van der Waals surface area contributed by atoms with Crippen molar-refractivity contribution in [3.05, 3.63) is 63.2 Å². The second-order valence-electron chi connectivity index (χ2n) is 6.88. The number of pyridine rings is 1. The number of hydrogen-bond donors (Lipinski definition) is 0. The summed E-state index contributed by atoms with van der Waals surface area (Å²) in [6.07, 6.45) is 1.60. The fourth-order valence-corrected chi connectivity index (χ4v) is 4.92. The van der Waals surface area contributed by atoms with E-state index in [9.17, 15) is 8.42 Å². The van der Waals surface area contributed by atoms with Gasteiger partial charge in [-0.3, -0.25) is 4.98 Å². The molecule has 0 unspecified atom stereocenters. The molecule has 0 saturated carbocycles. The predicted octanol–water partition coefficient (Wildman–Crippen LogP) is 5.83. The van der Waals surface area contributed by atoms with Gasteiger partial charge < -0.3 is 4.18 Å². The van der Waals surface area contributed by atoms with Crippen molar-refractivity contribution >= 4 is 52.9 Å². The minimum absolute atomic E-state index is 0.0575. The molecule has 4 nitrogen and oxygen atoms in total. The molecule has 136 valence electrons. The Labute approximate surface area is 170 Å². The van der Waals surface area contributed by atoms with E-state index in [1.807, 2.05) is 18.2 Å². The van der Waals surface area contributed by atoms with Crippen molar-refractivity contribution in [2.24, 2.45) is 0 Å². The second-order valence-corrected chi connectivity index (χ2v) is 10.1. The summed E-state index contributed by atoms with van der Waals surface area (Å²) >= 11 is 6.83. The van der Waals surface area contributed by atoms with Gasteiger partial charge in [-0.2, -0.15) is 8.42 Å². The average Bonchev–Trinajstić information content (AvgIpc) is 2.58. The van der Waals surface area contributed by atoms with Crippen LogP contribution >= 0.6 is 31.9 Å². The number of rotatable bonds is 3. The minimum atomic E-state index is -3.99. The third-order valence-corrected chi connectivity index (χ3v) is 6.43. The summed E-state index contributed by atoms with van der Waals surface area (Å²) in [6, 6.07) is 12.1. The normalized spacial score (nSPS) is 12.3. The van der Waals surface area contributed by atoms with Crippen molar-refractivity contribution in [1.82, 2.24) is 4.98 Å². The van der Waals surface area contributed by atoms with E-state index >= 15 is 0 Å². The zero-order valence-corrected chi connectivity index (χ0v) is 18.4. The fourth-order valence-electron chi connectivity index (χ4n) is 2.51. The number of nitrogens with zero attached hydrogens (tertiary/aromatic N) is 1. The van der Waals surface area contributed by atoms with Gasteiger partial charge in [-0.15, -0.1) is 0 Å². The summed E-state index contributed by atoms with van der Waals surface area (Å²) in [5, 5.41) is 0.768. The van der Waals surface area contributed by atoms with Gasteiger partial charge in [0.25, 0.3) is 0 Å². The minimum Gasteiger partial charge on any atom is -0.375 e. The van der Waals surface area contributed by atoms with Crippen LogP contribution < -0.4 is 4.18 Å². The summed E-state index contributed by atoms with van der Waals surface area (Å²) in [5.74, 6) is 0.170. The van der Waals surface area contributed by atoms with Crippen LogP contribution in [-0.2, 0) is 15.5 Å². The highest BCUT2D eigenvalue weighted by atomic mass is 79.9. The van der Waals surface area contributed by atoms with Crippen LogP contribution in [0.5, 0.6) is 5.75 Å². The van der Waals surface area contributed by atoms with E-state index in [1.54, 1.807) is 30.5 Å². The first kappa shape index (κ1) is 19.3. The van der Waals surface area contributed by atoms with Crippen molar-refractivity contribution < 1.29 is 12.6 Å². The van der Waals surface area contributed by atoms with Crippen LogP contribution in [-0.4, -0.2) is 13.4 Å². The molecule has 3 rings (SSSR count). The second kappa shape index (κ2) is 6.94. The Hall–Kier alpha value is -1.44. The van der Waals surface area contributed by atoms with E-state index in [4.69, 9.17) is 4.18 Å². The Bertz CT molecular complexity index is 1070. The van der Waals surface area contributed by atoms with Gasteiger partial charge in [0.15, 0.2) is 5.75 Å². The van der Waals surface area contributed by atoms with E-state index in [1.165, 1.54) is 0 Å². The van der Waals surface area contributed by atoms with Crippen molar-refractivity contribution in [1.29, 1.82) is 0 Å². The molecule has 0 saturated heterocycles. The monoisotopic (exact) mass is 497 g/mol. The first-order chi connectivity index (χ1) is 12.1. The van der Waals surface area contributed by atoms with Crippen LogP contribution in [0.1, 0.15) is 26.3 Å². The van der Waals surface area contributed by atoms with E-state index in [-0.39, 0.29) is 16.1 Å². The molecule has 1 aromatic heterocycles. The van der Waals surface area contributed by atoms with Gasteiger partial charge in [-0.05, 0) is 51.2 Å². The number of benzene rings is 2. The third kappa shape index (κ3) is 3.80. The third-order valence-electron chi connectivity index (χ3n) is 3.95. The summed E-state index contributed by atoms with van der Waals surface area (Å²) in [6.45, 7) is 6.22. The highest BCUT2D eigenvalue weighted by molar-refractivity contribution is 9.11. The van der Waals surface area contributed by atoms with Gasteiger partial charge in [0.1, 0.15) is 10.4 Å². The predicted molar refractivity (Wildman–Crippen MR) is 110 cm³/mol. The number of aromatic nitrogens is 1. The zero-order chi connectivity index (χ0) is 19.1. The van der Waals surface area contributed by atoms with Gasteiger partial charge in [-0.25, -0.2) is 0 Å². The standard InChI is InChI=1S/C19H17Br2NO3S/c1-19(2,3)12-6-8-13(9-7-12)26(23,24)25-18-16(21)11-15(20)14-5-4-10-22-17(14)18/h4-11H,1-3H3. The lowest BCUT2D eigenvalue weighted by Gasteiger charge is -2.19. The number of hydrogen-bond acceptors (Lipinski definition) is 4. The van der Waals surface area contributed by atoms with Crippen molar-refractivity contribution in [2.75, 3.05) is 0 Å². The lowest BCUT2D eigenvalue weighted by atomic mass is 9.87. The van der Waals surface area contributed by atoms with Crippen LogP contribution in [0.15, 0.2) is 62.5 Å². The molecule has 2 aromatic carbocycles. The maximum Gasteiger partial charge on any atom is 0.339 e. The van der Waals surface area contributed by atoms with Crippen LogP contribution in [0.4, 0.5) is 0 Å². The maximum absolute atomic E-state index is 12.8. The molecular formula is C19H17Br2NO3S. The largest absolute Gasteiger partial charge is 0.375 e. The molecule has 26 heavy (non-hydrogen) atoms. The van der Waals surface area contributed by atoms with Gasteiger partial charge in [0, 0.05) is 16.1 Å². The topological polar surface area (TPSA) is 56.3 Å². The first-order valence-electron chi connectivity index (χ1n) is 7.87. The van der Waals surface area contributed by atoms with E-state index in [0.717, 1.165) is 15.4 Å². The van der Waals surface area contributed by atoms with E-state index < -0.39 is 10.1 Å². The molecule has 0 aliphatic carbocycles. The molecular weight excluding hydrogens is 482 g/mol. The van der Waals surface area contributed by atoms with Gasteiger partial charge >= 0.3 is 10.1 Å². The molecule has 0 aliphatic heterocycles. The molecule has 0 fully saturated rings. The van der Waals surface area contributed by atoms with E-state index in [2.05, 4.69) is 57.6 Å². The number of halogens is 2. The molecule has 3 aromatic rings. The van der Waals surface area contributed by atoms with Crippen LogP contribution in [0.25, 0.3) is 10.9 Å². The maximum atomic E-state index is 12.8. The van der Waals surface area contributed by atoms with Crippen LogP contribution in [0.3, 0.4) is 0 Å². The number of fused-ring (bicyclic) bond motifs is 1. The lowest BCUT2D eigenvalue weighted by Crippen LogP contribution is -2.13. The molecule has 0 atom stereocenters. The Morgan fingerprint density at radius 2 is 1.65 bits per heavy atom. The summed E-state index contributed by atoms with van der Waals surface area (Å²) in [7, 11) is -3.99. The Kier molecular flexibility index (Phi) is 5.16. The Morgan fingerprint density at radius 3 is 2.27 bits per heavy atom. The first-order valence-corrected chi connectivity index (χ1v) is 10.9. The fraction of sp³-hybridized carbons (Fsp3) is 0.211. The van der Waals surface area contributed by atoms with Crippen molar-refractivity contribution in [3.63, 3.8) is 0 Å². The molecule has 0 amide bonds. The van der Waals surface area contributed by atoms with Gasteiger partial charge in [-0.1, -0.05) is 54.9 Å². The van der Waals surface area contributed by atoms with Crippen LogP contribution in [0, 0.1) is 0 Å². The summed E-state index contributed by atoms with van der Waals surface area (Å²) < 4.78 is 32.3. The van der Waals surface area contributed by atoms with Crippen molar-refractivity contribution in [3.8, 4) is 5.75 Å². The summed E-state index contributed by atoms with van der Waals surface area (Å²) in [5.41, 5.74) is 1.45.